The van der Waals surface area contributed by atoms with Gasteiger partial charge in [-0.25, -0.2) is 0 Å². The van der Waals surface area contributed by atoms with Crippen molar-refractivity contribution in [1.82, 2.24) is 0 Å². The molecule has 4 aliphatic carbocycles. The summed E-state index contributed by atoms with van der Waals surface area (Å²) < 4.78 is 15.0. The number of hydrogen-bond donors (Lipinski definition) is 1. The lowest BCUT2D eigenvalue weighted by Crippen LogP contribution is -2.28. The zero-order valence-electron chi connectivity index (χ0n) is 18.1. The van der Waals surface area contributed by atoms with E-state index in [1.54, 1.807) is 0 Å². The van der Waals surface area contributed by atoms with Crippen molar-refractivity contribution < 1.29 is 9.67 Å². The van der Waals surface area contributed by atoms with Crippen LogP contribution in [0, 0.1) is 0 Å². The summed E-state index contributed by atoms with van der Waals surface area (Å²) in [7, 11) is -3.02. The lowest BCUT2D eigenvalue weighted by Gasteiger charge is -2.24. The van der Waals surface area contributed by atoms with Crippen molar-refractivity contribution in [3.05, 3.63) is 125 Å². The largest absolute Gasteiger partial charge is 0.392 e. The molecular weight excluding hydrogens is 411 g/mol. The van der Waals surface area contributed by atoms with Crippen LogP contribution in [-0.4, -0.2) is 5.11 Å². The van der Waals surface area contributed by atoms with Gasteiger partial charge in [0.25, 0.3) is 0 Å². The molecule has 0 heterocycles. The lowest BCUT2D eigenvalue weighted by molar-refractivity contribution is 0.280. The average Bonchev–Trinajstić information content (AvgIpc) is 2.86. The smallest absolute Gasteiger partial charge is 0.171 e. The highest BCUT2D eigenvalue weighted by molar-refractivity contribution is 7.85. The molecule has 4 aromatic rings. The van der Waals surface area contributed by atoms with Crippen LogP contribution >= 0.6 is 7.14 Å². The fourth-order valence-electron chi connectivity index (χ4n) is 4.76. The molecule has 3 heteroatoms. The van der Waals surface area contributed by atoms with E-state index in [-0.39, 0.29) is 6.61 Å². The predicted molar refractivity (Wildman–Crippen MR) is 133 cm³/mol. The van der Waals surface area contributed by atoms with Gasteiger partial charge >= 0.3 is 0 Å². The second-order valence-corrected chi connectivity index (χ2v) is 11.2. The number of rotatable bonds is 4. The van der Waals surface area contributed by atoms with Gasteiger partial charge in [-0.1, -0.05) is 91.0 Å². The lowest BCUT2D eigenvalue weighted by atomic mass is 9.93. The van der Waals surface area contributed by atoms with E-state index in [4.69, 9.17) is 0 Å². The van der Waals surface area contributed by atoms with E-state index in [1.165, 1.54) is 16.7 Å². The topological polar surface area (TPSA) is 37.3 Å². The second kappa shape index (κ2) is 8.90. The highest BCUT2D eigenvalue weighted by atomic mass is 31.2. The fraction of sp³-hybridized carbons (Fsp3) is 0.172. The van der Waals surface area contributed by atoms with Crippen molar-refractivity contribution in [3.8, 4) is 0 Å². The summed E-state index contributed by atoms with van der Waals surface area (Å²) in [5.41, 5.74) is 5.75. The van der Waals surface area contributed by atoms with E-state index in [0.29, 0.717) is 0 Å². The van der Waals surface area contributed by atoms with E-state index in [2.05, 4.69) is 36.4 Å². The molecule has 0 unspecified atom stereocenters. The van der Waals surface area contributed by atoms with Gasteiger partial charge in [-0.05, 0) is 59.6 Å². The first-order chi connectivity index (χ1) is 15.7. The molecule has 4 aromatic carbocycles. The van der Waals surface area contributed by atoms with E-state index < -0.39 is 7.14 Å². The number of aliphatic hydroxyl groups is 1. The van der Waals surface area contributed by atoms with Crippen LogP contribution < -0.4 is 15.9 Å². The van der Waals surface area contributed by atoms with E-state index in [9.17, 15) is 5.11 Å². The Kier molecular flexibility index (Phi) is 5.83. The standard InChI is InChI=1S/C29H27O2P/c30-21-26-19-22-11-15-24(26)16-12-23-14-18-25(17-13-22)29(20-23)32(31,27-7-3-1-4-8-27)28-9-5-2-6-10-28/h1-11,14-15,18-20,30H,12-13,16-17,21H2. The number of benzene rings is 4. The summed E-state index contributed by atoms with van der Waals surface area (Å²) in [6.07, 6.45) is 3.37. The van der Waals surface area contributed by atoms with Gasteiger partial charge in [0.2, 0.25) is 0 Å². The Morgan fingerprint density at radius 3 is 1.75 bits per heavy atom. The third kappa shape index (κ3) is 3.86. The minimum absolute atomic E-state index is 0.0726. The van der Waals surface area contributed by atoms with Crippen LogP contribution in [-0.2, 0) is 36.9 Å². The quantitative estimate of drug-likeness (QED) is 0.469. The maximum Gasteiger partial charge on any atom is 0.171 e. The van der Waals surface area contributed by atoms with E-state index in [1.807, 2.05) is 60.7 Å². The van der Waals surface area contributed by atoms with Crippen LogP contribution in [0.3, 0.4) is 0 Å². The number of hydrogen-bond acceptors (Lipinski definition) is 2. The molecule has 0 spiro atoms. The minimum atomic E-state index is -3.02. The summed E-state index contributed by atoms with van der Waals surface area (Å²) in [5, 5.41) is 12.6. The molecule has 1 N–H and O–H groups in total. The highest BCUT2D eigenvalue weighted by Gasteiger charge is 2.32. The molecule has 0 saturated carbocycles. The van der Waals surface area contributed by atoms with Crippen molar-refractivity contribution in [2.45, 2.75) is 32.3 Å². The summed E-state index contributed by atoms with van der Waals surface area (Å²) >= 11 is 0. The minimum Gasteiger partial charge on any atom is -0.392 e. The van der Waals surface area contributed by atoms with Crippen molar-refractivity contribution >= 4 is 23.1 Å². The van der Waals surface area contributed by atoms with Crippen molar-refractivity contribution in [2.75, 3.05) is 0 Å². The zero-order valence-corrected chi connectivity index (χ0v) is 19.0. The van der Waals surface area contributed by atoms with Crippen molar-refractivity contribution in [3.63, 3.8) is 0 Å². The first-order valence-corrected chi connectivity index (χ1v) is 12.9. The average molecular weight is 439 g/mol. The van der Waals surface area contributed by atoms with Crippen LogP contribution in [0.25, 0.3) is 0 Å². The van der Waals surface area contributed by atoms with Gasteiger partial charge in [0.1, 0.15) is 0 Å². The predicted octanol–water partition coefficient (Wildman–Crippen LogP) is 4.70. The molecule has 0 amide bonds. The van der Waals surface area contributed by atoms with Crippen molar-refractivity contribution in [2.24, 2.45) is 0 Å². The summed E-state index contributed by atoms with van der Waals surface area (Å²) in [4.78, 5) is 0. The van der Waals surface area contributed by atoms with Crippen LogP contribution in [0.4, 0.5) is 0 Å². The zero-order chi connectivity index (χ0) is 22.0. The summed E-state index contributed by atoms with van der Waals surface area (Å²) in [5.74, 6) is 0. The SMILES string of the molecule is O=P(c1ccccc1)(c1ccccc1)c1cc2ccc1CCc1ccc(c(CO)c1)CC2. The summed E-state index contributed by atoms with van der Waals surface area (Å²) in [6.45, 7) is 0.0726. The van der Waals surface area contributed by atoms with Gasteiger partial charge in [0.15, 0.2) is 7.14 Å². The molecule has 8 rings (SSSR count). The Hall–Kier alpha value is -2.93. The molecule has 0 atom stereocenters. The van der Waals surface area contributed by atoms with Crippen molar-refractivity contribution in [1.29, 1.82) is 0 Å². The van der Waals surface area contributed by atoms with E-state index >= 15 is 4.57 Å². The van der Waals surface area contributed by atoms with Gasteiger partial charge in [-0.15, -0.1) is 0 Å². The monoisotopic (exact) mass is 438 g/mol. The fourth-order valence-corrected chi connectivity index (χ4v) is 7.73. The maximum atomic E-state index is 15.0. The van der Waals surface area contributed by atoms with Crippen LogP contribution in [0.1, 0.15) is 27.8 Å². The molecule has 0 saturated heterocycles. The molecule has 160 valence electrons. The summed E-state index contributed by atoms with van der Waals surface area (Å²) in [6, 6.07) is 32.9. The molecule has 0 radical (unpaired) electrons. The number of aryl methyl sites for hydroxylation is 4. The van der Waals surface area contributed by atoms with Gasteiger partial charge in [0.05, 0.1) is 6.61 Å². The van der Waals surface area contributed by atoms with Crippen LogP contribution in [0.5, 0.6) is 0 Å². The van der Waals surface area contributed by atoms with Gasteiger partial charge in [-0.3, -0.25) is 0 Å². The van der Waals surface area contributed by atoms with Gasteiger partial charge in [0, 0.05) is 15.9 Å². The number of aliphatic hydroxyl groups excluding tert-OH is 1. The Morgan fingerprint density at radius 1 is 0.625 bits per heavy atom. The van der Waals surface area contributed by atoms with Crippen LogP contribution in [0.15, 0.2) is 97.1 Å². The highest BCUT2D eigenvalue weighted by Crippen LogP contribution is 2.44. The third-order valence-corrected chi connectivity index (χ3v) is 9.68. The first kappa shape index (κ1) is 20.9. The molecule has 4 aliphatic rings. The molecular formula is C29H27O2P. The van der Waals surface area contributed by atoms with Gasteiger partial charge < -0.3 is 9.67 Å². The van der Waals surface area contributed by atoms with E-state index in [0.717, 1.165) is 52.7 Å². The molecule has 32 heavy (non-hydrogen) atoms. The molecule has 0 fully saturated rings. The maximum absolute atomic E-state index is 15.0. The second-order valence-electron chi connectivity index (χ2n) is 8.50. The Balaban J connectivity index is 1.69. The van der Waals surface area contributed by atoms with Gasteiger partial charge in [-0.2, -0.15) is 0 Å². The molecule has 0 aliphatic heterocycles. The normalized spacial score (nSPS) is 13.5. The Labute approximate surface area is 190 Å². The Bertz CT molecular complexity index is 1240. The first-order valence-electron chi connectivity index (χ1n) is 11.2. The molecule has 4 bridgehead atoms. The third-order valence-electron chi connectivity index (χ3n) is 6.54. The molecule has 0 aromatic heterocycles. The molecule has 2 nitrogen and oxygen atoms in total. The Morgan fingerprint density at radius 2 is 1.16 bits per heavy atom. The van der Waals surface area contributed by atoms with Crippen LogP contribution in [0.2, 0.25) is 0 Å².